The number of anilines is 1. The van der Waals surface area contributed by atoms with Crippen LogP contribution in [0.15, 0.2) is 28.7 Å². The summed E-state index contributed by atoms with van der Waals surface area (Å²) >= 11 is 0. The fourth-order valence-electron chi connectivity index (χ4n) is 2.83. The van der Waals surface area contributed by atoms with Crippen LogP contribution in [0.3, 0.4) is 0 Å². The van der Waals surface area contributed by atoms with Crippen molar-refractivity contribution in [3.63, 3.8) is 0 Å². The monoisotopic (exact) mass is 325 g/mol. The number of hydrogen-bond donors (Lipinski definition) is 1. The van der Waals surface area contributed by atoms with Crippen molar-refractivity contribution >= 4 is 28.3 Å². The summed E-state index contributed by atoms with van der Waals surface area (Å²) in [5.74, 6) is -0.261. The summed E-state index contributed by atoms with van der Waals surface area (Å²) in [6.45, 7) is 5.23. The van der Waals surface area contributed by atoms with E-state index in [1.165, 1.54) is 6.92 Å². The molecule has 1 aromatic carbocycles. The molecule has 0 unspecified atom stereocenters. The minimum Gasteiger partial charge on any atom is -0.451 e. The lowest BCUT2D eigenvalue weighted by molar-refractivity contribution is -0.115. The average Bonchev–Trinajstić information content (AvgIpc) is 3.01. The summed E-state index contributed by atoms with van der Waals surface area (Å²) in [4.78, 5) is 24.3. The number of nitrogens with zero attached hydrogens (tertiary/aromatic N) is 2. The van der Waals surface area contributed by atoms with Gasteiger partial charge in [-0.25, -0.2) is 0 Å². The van der Waals surface area contributed by atoms with Gasteiger partial charge in [-0.1, -0.05) is 12.1 Å². The molecule has 0 atom stereocenters. The SMILES string of the molecule is CC(=O)c1oc2ccccc2c1NC(=O)Cc1c(C)nn(C)c1C. The van der Waals surface area contributed by atoms with Gasteiger partial charge in [0.1, 0.15) is 5.58 Å². The number of para-hydroxylation sites is 1. The molecule has 0 bridgehead atoms. The Kier molecular flexibility index (Phi) is 3.97. The van der Waals surface area contributed by atoms with Gasteiger partial charge in [-0.2, -0.15) is 5.10 Å². The van der Waals surface area contributed by atoms with E-state index in [1.54, 1.807) is 10.7 Å². The molecule has 2 heterocycles. The zero-order valence-corrected chi connectivity index (χ0v) is 14.1. The van der Waals surface area contributed by atoms with Crippen molar-refractivity contribution in [1.82, 2.24) is 9.78 Å². The van der Waals surface area contributed by atoms with Crippen LogP contribution in [-0.4, -0.2) is 21.5 Å². The molecule has 0 saturated carbocycles. The van der Waals surface area contributed by atoms with Gasteiger partial charge in [0.25, 0.3) is 0 Å². The Labute approximate surface area is 139 Å². The van der Waals surface area contributed by atoms with Crippen LogP contribution >= 0.6 is 0 Å². The van der Waals surface area contributed by atoms with Crippen molar-refractivity contribution in [2.24, 2.45) is 7.05 Å². The summed E-state index contributed by atoms with van der Waals surface area (Å²) in [5.41, 5.74) is 3.68. The first-order chi connectivity index (χ1) is 11.4. The Morgan fingerprint density at radius 3 is 2.58 bits per heavy atom. The number of fused-ring (bicyclic) bond motifs is 1. The van der Waals surface area contributed by atoms with Gasteiger partial charge in [0.15, 0.2) is 11.5 Å². The predicted octanol–water partition coefficient (Wildman–Crippen LogP) is 3.17. The van der Waals surface area contributed by atoms with Crippen molar-refractivity contribution in [2.45, 2.75) is 27.2 Å². The molecule has 0 aliphatic rings. The first-order valence-electron chi connectivity index (χ1n) is 7.70. The number of aromatic nitrogens is 2. The smallest absolute Gasteiger partial charge is 0.229 e. The van der Waals surface area contributed by atoms with Gasteiger partial charge in [0, 0.05) is 30.6 Å². The minimum atomic E-state index is -0.227. The van der Waals surface area contributed by atoms with E-state index >= 15 is 0 Å². The molecule has 124 valence electrons. The molecule has 2 aromatic heterocycles. The number of amides is 1. The molecule has 1 N–H and O–H groups in total. The molecular weight excluding hydrogens is 306 g/mol. The van der Waals surface area contributed by atoms with Gasteiger partial charge in [-0.3, -0.25) is 14.3 Å². The number of rotatable bonds is 4. The molecule has 0 fully saturated rings. The number of carbonyl (C=O) groups is 2. The van der Waals surface area contributed by atoms with Crippen LogP contribution in [0.5, 0.6) is 0 Å². The first kappa shape index (κ1) is 16.0. The van der Waals surface area contributed by atoms with Gasteiger partial charge in [0.05, 0.1) is 17.8 Å². The van der Waals surface area contributed by atoms with E-state index < -0.39 is 0 Å². The molecule has 6 nitrogen and oxygen atoms in total. The van der Waals surface area contributed by atoms with E-state index in [4.69, 9.17) is 4.42 Å². The normalized spacial score (nSPS) is 11.0. The Bertz CT molecular complexity index is 950. The summed E-state index contributed by atoms with van der Waals surface area (Å²) in [6, 6.07) is 7.25. The van der Waals surface area contributed by atoms with Crippen molar-refractivity contribution in [3.8, 4) is 0 Å². The Morgan fingerprint density at radius 2 is 1.96 bits per heavy atom. The molecule has 3 rings (SSSR count). The maximum atomic E-state index is 12.5. The molecule has 0 radical (unpaired) electrons. The van der Waals surface area contributed by atoms with Gasteiger partial charge in [-0.05, 0) is 26.0 Å². The third kappa shape index (κ3) is 2.71. The second-order valence-corrected chi connectivity index (χ2v) is 5.86. The highest BCUT2D eigenvalue weighted by Gasteiger charge is 2.21. The van der Waals surface area contributed by atoms with Crippen LogP contribution in [0, 0.1) is 13.8 Å². The quantitative estimate of drug-likeness (QED) is 0.747. The molecule has 24 heavy (non-hydrogen) atoms. The molecule has 3 aromatic rings. The number of furan rings is 1. The second kappa shape index (κ2) is 5.96. The summed E-state index contributed by atoms with van der Waals surface area (Å²) in [5, 5.41) is 7.88. The van der Waals surface area contributed by atoms with Gasteiger partial charge in [-0.15, -0.1) is 0 Å². The summed E-state index contributed by atoms with van der Waals surface area (Å²) in [7, 11) is 1.85. The van der Waals surface area contributed by atoms with Gasteiger partial charge >= 0.3 is 0 Å². The molecule has 0 aliphatic carbocycles. The molecule has 0 saturated heterocycles. The standard InChI is InChI=1S/C18H19N3O3/c1-10-14(11(2)21(4)20-10)9-16(23)19-17-13-7-5-6-8-15(13)24-18(17)12(3)22/h5-8H,9H2,1-4H3,(H,19,23). The largest absolute Gasteiger partial charge is 0.451 e. The highest BCUT2D eigenvalue weighted by atomic mass is 16.3. The number of hydrogen-bond acceptors (Lipinski definition) is 4. The topological polar surface area (TPSA) is 77.1 Å². The van der Waals surface area contributed by atoms with Crippen LogP contribution in [0.4, 0.5) is 5.69 Å². The highest BCUT2D eigenvalue weighted by molar-refractivity contribution is 6.11. The third-order valence-corrected chi connectivity index (χ3v) is 4.18. The molecule has 6 heteroatoms. The lowest BCUT2D eigenvalue weighted by atomic mass is 10.1. The van der Waals surface area contributed by atoms with Crippen LogP contribution in [0.25, 0.3) is 11.0 Å². The Hall–Kier alpha value is -2.89. The fourth-order valence-corrected chi connectivity index (χ4v) is 2.83. The van der Waals surface area contributed by atoms with Crippen molar-refractivity contribution in [1.29, 1.82) is 0 Å². The van der Waals surface area contributed by atoms with E-state index in [0.717, 1.165) is 22.3 Å². The van der Waals surface area contributed by atoms with Gasteiger partial charge < -0.3 is 9.73 Å². The molecule has 0 spiro atoms. The molecular formula is C18H19N3O3. The number of ketones is 1. The van der Waals surface area contributed by atoms with Crippen LogP contribution in [0.2, 0.25) is 0 Å². The van der Waals surface area contributed by atoms with Gasteiger partial charge in [0.2, 0.25) is 5.91 Å². The Morgan fingerprint density at radius 1 is 1.25 bits per heavy atom. The number of benzene rings is 1. The highest BCUT2D eigenvalue weighted by Crippen LogP contribution is 2.31. The average molecular weight is 325 g/mol. The summed E-state index contributed by atoms with van der Waals surface area (Å²) < 4.78 is 7.34. The van der Waals surface area contributed by atoms with Crippen molar-refractivity contribution in [2.75, 3.05) is 5.32 Å². The van der Waals surface area contributed by atoms with E-state index in [-0.39, 0.29) is 23.9 Å². The van der Waals surface area contributed by atoms with Crippen molar-refractivity contribution < 1.29 is 14.0 Å². The number of aryl methyl sites for hydroxylation is 2. The third-order valence-electron chi connectivity index (χ3n) is 4.18. The van der Waals surface area contributed by atoms with Crippen LogP contribution in [-0.2, 0) is 18.3 Å². The maximum absolute atomic E-state index is 12.5. The van der Waals surface area contributed by atoms with E-state index in [2.05, 4.69) is 10.4 Å². The van der Waals surface area contributed by atoms with E-state index in [9.17, 15) is 9.59 Å². The Balaban J connectivity index is 1.93. The molecule has 0 aliphatic heterocycles. The number of carbonyl (C=O) groups excluding carboxylic acids is 2. The van der Waals surface area contributed by atoms with E-state index in [1.807, 2.05) is 39.1 Å². The first-order valence-corrected chi connectivity index (χ1v) is 7.70. The number of nitrogens with one attached hydrogen (secondary N) is 1. The van der Waals surface area contributed by atoms with E-state index in [0.29, 0.717) is 11.3 Å². The molecule has 1 amide bonds. The second-order valence-electron chi connectivity index (χ2n) is 5.86. The lowest BCUT2D eigenvalue weighted by Crippen LogP contribution is -2.16. The number of Topliss-reactive ketones (excluding diaryl/α,β-unsaturated/α-hetero) is 1. The van der Waals surface area contributed by atoms with Crippen LogP contribution in [0.1, 0.15) is 34.4 Å². The zero-order valence-electron chi connectivity index (χ0n) is 14.1. The zero-order chi connectivity index (χ0) is 17.4. The lowest BCUT2D eigenvalue weighted by Gasteiger charge is -2.06. The predicted molar refractivity (Wildman–Crippen MR) is 91.2 cm³/mol. The fraction of sp³-hybridized carbons (Fsp3) is 0.278. The van der Waals surface area contributed by atoms with Crippen LogP contribution < -0.4 is 5.32 Å². The summed E-state index contributed by atoms with van der Waals surface area (Å²) in [6.07, 6.45) is 0.197. The minimum absolute atomic E-state index is 0.171. The van der Waals surface area contributed by atoms with Crippen molar-refractivity contribution in [3.05, 3.63) is 47.0 Å². The maximum Gasteiger partial charge on any atom is 0.229 e.